The Morgan fingerprint density at radius 2 is 2.19 bits per heavy atom. The average molecular weight is 225 g/mol. The van der Waals surface area contributed by atoms with E-state index in [0.717, 1.165) is 12.8 Å². The highest BCUT2D eigenvalue weighted by Crippen LogP contribution is 2.40. The van der Waals surface area contributed by atoms with Gasteiger partial charge in [-0.3, -0.25) is 9.59 Å². The summed E-state index contributed by atoms with van der Waals surface area (Å²) in [6, 6.07) is 0.00144. The first kappa shape index (κ1) is 11.4. The summed E-state index contributed by atoms with van der Waals surface area (Å²) in [6.45, 7) is 4.34. The lowest BCUT2D eigenvalue weighted by atomic mass is 9.67. The molecule has 1 saturated carbocycles. The number of amides is 1. The molecule has 4 unspecified atom stereocenters. The number of piperidine rings is 2. The largest absolute Gasteiger partial charge is 0.466 e. The molecular formula is C12H19NO3. The molecule has 90 valence electrons. The van der Waals surface area contributed by atoms with Crippen LogP contribution in [0.4, 0.5) is 0 Å². The lowest BCUT2D eigenvalue weighted by Gasteiger charge is -2.46. The molecule has 3 rings (SSSR count). The SMILES string of the molecule is CCOC(=O)C1CC2CC(CC)C1NC2=O. The highest BCUT2D eigenvalue weighted by Gasteiger charge is 2.48. The monoisotopic (exact) mass is 225 g/mol. The van der Waals surface area contributed by atoms with E-state index in [0.29, 0.717) is 18.9 Å². The van der Waals surface area contributed by atoms with Crippen molar-refractivity contribution < 1.29 is 14.3 Å². The Hall–Kier alpha value is -1.06. The van der Waals surface area contributed by atoms with Gasteiger partial charge in [0, 0.05) is 12.0 Å². The summed E-state index contributed by atoms with van der Waals surface area (Å²) in [6.07, 6.45) is 2.62. The zero-order valence-electron chi connectivity index (χ0n) is 9.86. The molecule has 2 aliphatic heterocycles. The van der Waals surface area contributed by atoms with Gasteiger partial charge in [0.25, 0.3) is 0 Å². The fraction of sp³-hybridized carbons (Fsp3) is 0.833. The van der Waals surface area contributed by atoms with Crippen LogP contribution in [-0.4, -0.2) is 24.5 Å². The quantitative estimate of drug-likeness (QED) is 0.732. The van der Waals surface area contributed by atoms with E-state index < -0.39 is 0 Å². The van der Waals surface area contributed by atoms with Crippen molar-refractivity contribution in [2.75, 3.05) is 6.61 Å². The van der Waals surface area contributed by atoms with Crippen molar-refractivity contribution in [2.45, 2.75) is 39.2 Å². The highest BCUT2D eigenvalue weighted by molar-refractivity contribution is 5.85. The average Bonchev–Trinajstić information content (AvgIpc) is 2.29. The summed E-state index contributed by atoms with van der Waals surface area (Å²) in [5.41, 5.74) is 0. The van der Waals surface area contributed by atoms with Crippen molar-refractivity contribution in [3.05, 3.63) is 0 Å². The van der Waals surface area contributed by atoms with Crippen LogP contribution in [0.5, 0.6) is 0 Å². The molecule has 3 aliphatic rings. The third kappa shape index (κ3) is 1.81. The van der Waals surface area contributed by atoms with Crippen molar-refractivity contribution in [1.29, 1.82) is 0 Å². The maximum Gasteiger partial charge on any atom is 0.311 e. The van der Waals surface area contributed by atoms with Crippen LogP contribution in [0, 0.1) is 17.8 Å². The Morgan fingerprint density at radius 3 is 2.75 bits per heavy atom. The summed E-state index contributed by atoms with van der Waals surface area (Å²) in [5, 5.41) is 2.97. The molecule has 2 bridgehead atoms. The van der Waals surface area contributed by atoms with Gasteiger partial charge in [-0.1, -0.05) is 13.3 Å². The second-order valence-corrected chi connectivity index (χ2v) is 4.73. The molecule has 4 nitrogen and oxygen atoms in total. The molecular weight excluding hydrogens is 206 g/mol. The number of carbonyl (C=O) groups is 2. The Kier molecular flexibility index (Phi) is 3.17. The predicted molar refractivity (Wildman–Crippen MR) is 58.6 cm³/mol. The van der Waals surface area contributed by atoms with Crippen molar-refractivity contribution in [2.24, 2.45) is 17.8 Å². The van der Waals surface area contributed by atoms with E-state index in [4.69, 9.17) is 4.74 Å². The van der Waals surface area contributed by atoms with Crippen molar-refractivity contribution in [1.82, 2.24) is 5.32 Å². The van der Waals surface area contributed by atoms with Gasteiger partial charge in [-0.15, -0.1) is 0 Å². The van der Waals surface area contributed by atoms with Crippen LogP contribution in [0.2, 0.25) is 0 Å². The van der Waals surface area contributed by atoms with Crippen LogP contribution < -0.4 is 5.32 Å². The molecule has 3 fully saturated rings. The van der Waals surface area contributed by atoms with Gasteiger partial charge in [0.15, 0.2) is 0 Å². The first-order valence-corrected chi connectivity index (χ1v) is 6.14. The molecule has 0 aromatic carbocycles. The molecule has 2 saturated heterocycles. The maximum absolute atomic E-state index is 11.8. The Balaban J connectivity index is 2.11. The Labute approximate surface area is 95.7 Å². The molecule has 16 heavy (non-hydrogen) atoms. The predicted octanol–water partition coefficient (Wildman–Crippen LogP) is 1.10. The summed E-state index contributed by atoms with van der Waals surface area (Å²) in [4.78, 5) is 23.4. The van der Waals surface area contributed by atoms with Gasteiger partial charge >= 0.3 is 5.97 Å². The van der Waals surface area contributed by atoms with E-state index in [-0.39, 0.29) is 29.8 Å². The van der Waals surface area contributed by atoms with Gasteiger partial charge in [-0.05, 0) is 25.7 Å². The van der Waals surface area contributed by atoms with Crippen LogP contribution in [-0.2, 0) is 14.3 Å². The minimum absolute atomic E-state index is 0.00144. The second kappa shape index (κ2) is 4.44. The third-order valence-corrected chi connectivity index (χ3v) is 3.86. The molecule has 0 aromatic heterocycles. The smallest absolute Gasteiger partial charge is 0.311 e. The van der Waals surface area contributed by atoms with Crippen LogP contribution in [0.1, 0.15) is 33.1 Å². The summed E-state index contributed by atoms with van der Waals surface area (Å²) < 4.78 is 5.07. The molecule has 0 radical (unpaired) electrons. The van der Waals surface area contributed by atoms with Crippen molar-refractivity contribution in [3.8, 4) is 0 Å². The van der Waals surface area contributed by atoms with Gasteiger partial charge < -0.3 is 10.1 Å². The van der Waals surface area contributed by atoms with Crippen LogP contribution >= 0.6 is 0 Å². The topological polar surface area (TPSA) is 55.4 Å². The molecule has 4 atom stereocenters. The zero-order chi connectivity index (χ0) is 11.7. The number of hydrogen-bond acceptors (Lipinski definition) is 3. The molecule has 1 N–H and O–H groups in total. The van der Waals surface area contributed by atoms with Gasteiger partial charge in [0.05, 0.1) is 12.5 Å². The summed E-state index contributed by atoms with van der Waals surface area (Å²) >= 11 is 0. The minimum atomic E-state index is -0.143. The number of fused-ring (bicyclic) bond motifs is 3. The molecule has 0 aromatic rings. The lowest BCUT2D eigenvalue weighted by molar-refractivity contribution is -0.156. The number of esters is 1. The Morgan fingerprint density at radius 1 is 1.44 bits per heavy atom. The van der Waals surface area contributed by atoms with Gasteiger partial charge in [-0.2, -0.15) is 0 Å². The van der Waals surface area contributed by atoms with E-state index in [1.165, 1.54) is 0 Å². The van der Waals surface area contributed by atoms with Gasteiger partial charge in [-0.25, -0.2) is 0 Å². The van der Waals surface area contributed by atoms with Crippen LogP contribution in [0.15, 0.2) is 0 Å². The molecule has 1 amide bonds. The van der Waals surface area contributed by atoms with Gasteiger partial charge in [0.1, 0.15) is 0 Å². The number of rotatable bonds is 3. The molecule has 2 heterocycles. The van der Waals surface area contributed by atoms with Crippen molar-refractivity contribution in [3.63, 3.8) is 0 Å². The fourth-order valence-corrected chi connectivity index (χ4v) is 3.02. The fourth-order valence-electron chi connectivity index (χ4n) is 3.02. The first-order chi connectivity index (χ1) is 7.67. The molecule has 0 spiro atoms. The number of ether oxygens (including phenoxy) is 1. The summed E-state index contributed by atoms with van der Waals surface area (Å²) in [5.74, 6) is 0.308. The third-order valence-electron chi connectivity index (χ3n) is 3.86. The lowest BCUT2D eigenvalue weighted by Crippen LogP contribution is -2.60. The number of carbonyl (C=O) groups excluding carboxylic acids is 2. The standard InChI is InChI=1S/C12H19NO3/c1-3-7-5-8-6-9(12(15)16-4-2)10(7)13-11(8)14/h7-10H,3-6H2,1-2H3,(H,13,14). The highest BCUT2D eigenvalue weighted by atomic mass is 16.5. The maximum atomic E-state index is 11.8. The molecule has 4 heteroatoms. The van der Waals surface area contributed by atoms with Crippen LogP contribution in [0.3, 0.4) is 0 Å². The Bertz CT molecular complexity index is 303. The second-order valence-electron chi connectivity index (χ2n) is 4.73. The van der Waals surface area contributed by atoms with E-state index in [9.17, 15) is 9.59 Å². The van der Waals surface area contributed by atoms with Crippen molar-refractivity contribution >= 4 is 11.9 Å². The number of hydrogen-bond donors (Lipinski definition) is 1. The van der Waals surface area contributed by atoms with E-state index in [2.05, 4.69) is 12.2 Å². The molecule has 1 aliphatic carbocycles. The number of nitrogens with one attached hydrogen (secondary N) is 1. The van der Waals surface area contributed by atoms with Crippen LogP contribution in [0.25, 0.3) is 0 Å². The first-order valence-electron chi connectivity index (χ1n) is 6.14. The normalized spacial score (nSPS) is 37.0. The van der Waals surface area contributed by atoms with Gasteiger partial charge in [0.2, 0.25) is 5.91 Å². The summed E-state index contributed by atoms with van der Waals surface area (Å²) in [7, 11) is 0. The zero-order valence-corrected chi connectivity index (χ0v) is 9.86. The minimum Gasteiger partial charge on any atom is -0.466 e. The van der Waals surface area contributed by atoms with E-state index in [1.54, 1.807) is 0 Å². The van der Waals surface area contributed by atoms with E-state index in [1.807, 2.05) is 6.92 Å². The van der Waals surface area contributed by atoms with E-state index >= 15 is 0 Å².